The highest BCUT2D eigenvalue weighted by molar-refractivity contribution is 6.29. The molecule has 10 nitrogen and oxygen atoms in total. The zero-order chi connectivity index (χ0) is 35.7. The number of amides is 3. The highest BCUT2D eigenvalue weighted by atomic mass is 35.5. The minimum atomic E-state index is -0.831. The van der Waals surface area contributed by atoms with Gasteiger partial charge >= 0.3 is 12.1 Å². The smallest absolute Gasteiger partial charge is 0.411 e. The lowest BCUT2D eigenvalue weighted by Crippen LogP contribution is -2.52. The van der Waals surface area contributed by atoms with Crippen molar-refractivity contribution >= 4 is 41.2 Å². The maximum Gasteiger partial charge on any atom is 0.411 e. The summed E-state index contributed by atoms with van der Waals surface area (Å²) in [6.45, 7) is 11.2. The van der Waals surface area contributed by atoms with E-state index in [4.69, 9.17) is 25.8 Å². The first kappa shape index (κ1) is 39.6. The first-order chi connectivity index (χ1) is 22.7. The topological polar surface area (TPSA) is 132 Å². The summed E-state index contributed by atoms with van der Waals surface area (Å²) in [5.41, 5.74) is 0.955. The summed E-state index contributed by atoms with van der Waals surface area (Å²) in [5, 5.41) is 8.76. The van der Waals surface area contributed by atoms with Gasteiger partial charge in [-0.15, -0.1) is 0 Å². The van der Waals surface area contributed by atoms with Gasteiger partial charge in [-0.1, -0.05) is 99.5 Å². The van der Waals surface area contributed by atoms with Gasteiger partial charge in [0.25, 0.3) is 0 Å². The molecule has 1 aromatic rings. The summed E-state index contributed by atoms with van der Waals surface area (Å²) < 4.78 is 16.0. The van der Waals surface area contributed by atoms with E-state index < -0.39 is 41.4 Å². The van der Waals surface area contributed by atoms with Crippen molar-refractivity contribution < 1.29 is 33.4 Å². The second kappa shape index (κ2) is 19.9. The maximum absolute atomic E-state index is 13.1. The number of carbonyl (C=O) groups excluding carboxylic acids is 4. The van der Waals surface area contributed by atoms with E-state index in [9.17, 15) is 19.2 Å². The van der Waals surface area contributed by atoms with Crippen LogP contribution < -0.4 is 16.0 Å². The van der Waals surface area contributed by atoms with Gasteiger partial charge < -0.3 is 24.8 Å². The van der Waals surface area contributed by atoms with Gasteiger partial charge in [-0.05, 0) is 43.7 Å². The van der Waals surface area contributed by atoms with Crippen molar-refractivity contribution in [2.45, 2.75) is 79.1 Å². The molecule has 0 saturated carbocycles. The van der Waals surface area contributed by atoms with E-state index in [1.54, 1.807) is 61.6 Å². The zero-order valence-corrected chi connectivity index (χ0v) is 29.5. The average molecular weight is 682 g/mol. The Bertz CT molecular complexity index is 1430. The Morgan fingerprint density at radius 3 is 2.40 bits per heavy atom. The maximum atomic E-state index is 13.1. The summed E-state index contributed by atoms with van der Waals surface area (Å²) in [6, 6.07) is 8.12. The number of allylic oxidation sites excluding steroid dienone is 5. The molecule has 0 unspecified atom stereocenters. The Kier molecular flexibility index (Phi) is 16.5. The van der Waals surface area contributed by atoms with Gasteiger partial charge in [0.1, 0.15) is 18.2 Å². The quantitative estimate of drug-likeness (QED) is 0.101. The van der Waals surface area contributed by atoms with Crippen LogP contribution in [0.15, 0.2) is 102 Å². The minimum absolute atomic E-state index is 0.0233. The highest BCUT2D eigenvalue weighted by Crippen LogP contribution is 2.23. The van der Waals surface area contributed by atoms with E-state index in [-0.39, 0.29) is 17.8 Å². The number of halogens is 1. The van der Waals surface area contributed by atoms with Crippen molar-refractivity contribution in [2.24, 2.45) is 11.3 Å². The summed E-state index contributed by atoms with van der Waals surface area (Å²) >= 11 is 5.99. The predicted molar refractivity (Wildman–Crippen MR) is 189 cm³/mol. The molecule has 1 aromatic carbocycles. The molecule has 1 heterocycles. The van der Waals surface area contributed by atoms with Crippen LogP contribution in [0, 0.1) is 11.3 Å². The molecular weight excluding hydrogens is 634 g/mol. The second-order valence-corrected chi connectivity index (χ2v) is 13.0. The Hall–Kier alpha value is -4.57. The molecule has 3 N–H and O–H groups in total. The van der Waals surface area contributed by atoms with E-state index in [1.165, 1.54) is 19.4 Å². The fourth-order valence-corrected chi connectivity index (χ4v) is 4.67. The number of ether oxygens (including phenoxy) is 3. The molecule has 4 atom stereocenters. The third-order valence-corrected chi connectivity index (χ3v) is 7.31. The Labute approximate surface area is 289 Å². The monoisotopic (exact) mass is 681 g/mol. The number of hydrogen-bond donors (Lipinski definition) is 3. The molecule has 0 spiro atoms. The van der Waals surface area contributed by atoms with Crippen LogP contribution >= 0.6 is 11.6 Å². The third kappa shape index (κ3) is 14.9. The first-order valence-electron chi connectivity index (χ1n) is 15.8. The lowest BCUT2D eigenvalue weighted by Gasteiger charge is -2.29. The number of carbonyl (C=O) groups is 4. The third-order valence-electron chi connectivity index (χ3n) is 7.16. The number of cyclic esters (lactones) is 1. The molecule has 1 aliphatic heterocycles. The van der Waals surface area contributed by atoms with E-state index in [1.807, 2.05) is 52.8 Å². The Morgan fingerprint density at radius 2 is 1.77 bits per heavy atom. The van der Waals surface area contributed by atoms with Crippen LogP contribution in [-0.2, 0) is 28.6 Å². The van der Waals surface area contributed by atoms with Crippen LogP contribution in [0.4, 0.5) is 10.5 Å². The molecule has 0 aliphatic carbocycles. The number of benzene rings is 1. The predicted octanol–water partition coefficient (Wildman–Crippen LogP) is 7.23. The molecule has 0 saturated heterocycles. The zero-order valence-electron chi connectivity index (χ0n) is 28.7. The molecule has 260 valence electrons. The van der Waals surface area contributed by atoms with Gasteiger partial charge in [0.05, 0.1) is 7.11 Å². The minimum Gasteiger partial charge on any atom is -0.490 e. The van der Waals surface area contributed by atoms with Crippen molar-refractivity contribution in [2.75, 3.05) is 12.4 Å². The summed E-state index contributed by atoms with van der Waals surface area (Å²) in [4.78, 5) is 50.2. The standard InChI is InChI=1S/C37H48ClN3O7/c1-25(24-26(2)30-21-22-31(46-7)35(44)48-30)14-11-12-18-32(42)41-33(37(4,5)6)34(43)39-23-13-17-29(20-19-27(3)38)47-36(45)40-28-15-9-8-10-16-28/h8-16,18-19,22-24,26,29-30,33H,17,20-21H2,1-7H3,(H,39,43)(H,40,45)(H,41,42)/b14-11-,18-12-,23-13-,25-24+,27-19+/t26-,29-,30-,33+/m0/s1. The molecule has 0 bridgehead atoms. The molecular formula is C37H48ClN3O7. The number of methoxy groups -OCH3 is 1. The van der Waals surface area contributed by atoms with Gasteiger partial charge in [-0.3, -0.25) is 14.9 Å². The summed E-state index contributed by atoms with van der Waals surface area (Å²) in [7, 11) is 1.44. The number of rotatable bonds is 15. The van der Waals surface area contributed by atoms with Crippen LogP contribution in [-0.4, -0.2) is 49.2 Å². The largest absolute Gasteiger partial charge is 0.490 e. The van der Waals surface area contributed by atoms with Gasteiger partial charge in [0, 0.05) is 42.0 Å². The van der Waals surface area contributed by atoms with Crippen molar-refractivity contribution in [3.8, 4) is 0 Å². The van der Waals surface area contributed by atoms with Crippen molar-refractivity contribution in [1.29, 1.82) is 0 Å². The van der Waals surface area contributed by atoms with Gasteiger partial charge in [-0.2, -0.15) is 0 Å². The molecule has 11 heteroatoms. The molecule has 3 amide bonds. The van der Waals surface area contributed by atoms with E-state index >= 15 is 0 Å². The fourth-order valence-electron chi connectivity index (χ4n) is 4.58. The Balaban J connectivity index is 1.92. The highest BCUT2D eigenvalue weighted by Gasteiger charge is 2.32. The molecule has 2 rings (SSSR count). The van der Waals surface area contributed by atoms with Gasteiger partial charge in [0.2, 0.25) is 11.8 Å². The molecule has 0 fully saturated rings. The van der Waals surface area contributed by atoms with E-state index in [0.717, 1.165) is 5.57 Å². The Morgan fingerprint density at radius 1 is 1.08 bits per heavy atom. The number of anilines is 1. The number of para-hydroxylation sites is 1. The molecule has 0 aromatic heterocycles. The van der Waals surface area contributed by atoms with Crippen molar-refractivity contribution in [3.63, 3.8) is 0 Å². The van der Waals surface area contributed by atoms with Crippen molar-refractivity contribution in [1.82, 2.24) is 10.6 Å². The van der Waals surface area contributed by atoms with Crippen molar-refractivity contribution in [3.05, 3.63) is 102 Å². The number of esters is 1. The molecule has 48 heavy (non-hydrogen) atoms. The molecule has 0 radical (unpaired) electrons. The van der Waals surface area contributed by atoms with E-state index in [2.05, 4.69) is 16.0 Å². The van der Waals surface area contributed by atoms with Gasteiger partial charge in [0.15, 0.2) is 5.76 Å². The SMILES string of the molecule is COC1=CC[C@@H]([C@@H](C)/C=C(C)/C=C\C=C/C(=O)N[C@H](C(=O)N/C=C\C[C@@H](C/C=C(\C)Cl)OC(=O)Nc2ccccc2)C(C)(C)C)OC1=O. The van der Waals surface area contributed by atoms with Gasteiger partial charge in [-0.25, -0.2) is 9.59 Å². The average Bonchev–Trinajstić information content (AvgIpc) is 3.02. The van der Waals surface area contributed by atoms with Crippen LogP contribution in [0.5, 0.6) is 0 Å². The second-order valence-electron chi connectivity index (χ2n) is 12.4. The molecule has 1 aliphatic rings. The summed E-state index contributed by atoms with van der Waals surface area (Å²) in [6.07, 6.45) is 15.0. The number of hydrogen-bond acceptors (Lipinski definition) is 7. The normalized spacial score (nSPS) is 17.8. The van der Waals surface area contributed by atoms with Crippen LogP contribution in [0.3, 0.4) is 0 Å². The first-order valence-corrected chi connectivity index (χ1v) is 16.2. The lowest BCUT2D eigenvalue weighted by molar-refractivity contribution is -0.151. The lowest BCUT2D eigenvalue weighted by atomic mass is 9.86. The van der Waals surface area contributed by atoms with Crippen LogP contribution in [0.1, 0.15) is 60.8 Å². The van der Waals surface area contributed by atoms with E-state index in [0.29, 0.717) is 30.0 Å². The van der Waals surface area contributed by atoms with Crippen LogP contribution in [0.25, 0.3) is 0 Å². The number of nitrogens with one attached hydrogen (secondary N) is 3. The fraction of sp³-hybridized carbons (Fsp3) is 0.405. The van der Waals surface area contributed by atoms with Crippen LogP contribution in [0.2, 0.25) is 0 Å². The summed E-state index contributed by atoms with van der Waals surface area (Å²) in [5.74, 6) is -1.09.